The molecule has 20 nitrogen and oxygen atoms in total. The predicted molar refractivity (Wildman–Crippen MR) is 314 cm³/mol. The summed E-state index contributed by atoms with van der Waals surface area (Å²) in [5, 5.41) is 21.6. The second-order valence-electron chi connectivity index (χ2n) is 18.9. The summed E-state index contributed by atoms with van der Waals surface area (Å²) < 4.78 is 82.4. The molecule has 0 atom stereocenters. The van der Waals surface area contributed by atoms with Crippen molar-refractivity contribution in [1.29, 1.82) is 0 Å². The Balaban J connectivity index is 1.13. The number of rotatable bonds is 23. The first-order chi connectivity index (χ1) is 40.4. The fraction of sp³-hybridized carbons (Fsp3) is 0.241. The summed E-state index contributed by atoms with van der Waals surface area (Å²) in [5.41, 5.74) is 9.05. The van der Waals surface area contributed by atoms with E-state index in [0.29, 0.717) is 43.4 Å². The van der Waals surface area contributed by atoms with Crippen LogP contribution in [0.5, 0.6) is 11.8 Å². The number of hydrazine groups is 1. The molecule has 0 radical (unpaired) electrons. The van der Waals surface area contributed by atoms with Crippen LogP contribution >= 0.6 is 22.7 Å². The number of nitrogens with one attached hydrogen (secondary N) is 4. The zero-order valence-corrected chi connectivity index (χ0v) is 48.4. The largest absolute Gasteiger partial charge is 0.480 e. The molecule has 4 aromatic heterocycles. The van der Waals surface area contributed by atoms with Crippen molar-refractivity contribution in [2.45, 2.75) is 40.0 Å². The van der Waals surface area contributed by atoms with E-state index in [1.807, 2.05) is 9.80 Å². The summed E-state index contributed by atoms with van der Waals surface area (Å²) in [6, 6.07) is 27.1. The molecule has 0 bridgehead atoms. The van der Waals surface area contributed by atoms with E-state index >= 15 is 17.6 Å². The number of amides is 4. The van der Waals surface area contributed by atoms with Gasteiger partial charge < -0.3 is 50.2 Å². The fourth-order valence-electron chi connectivity index (χ4n) is 8.58. The molecule has 8 aromatic rings. The number of ether oxygens (including phenoxy) is 4. The number of carbonyl (C=O) groups excluding carboxylic acids is 4. The Morgan fingerprint density at radius 3 is 1.13 bits per heavy atom. The van der Waals surface area contributed by atoms with Crippen LogP contribution in [0.3, 0.4) is 0 Å². The molecule has 4 heterocycles. The van der Waals surface area contributed by atoms with Crippen molar-refractivity contribution in [1.82, 2.24) is 30.2 Å². The van der Waals surface area contributed by atoms with Gasteiger partial charge in [0.2, 0.25) is 11.8 Å². The lowest BCUT2D eigenvalue weighted by Gasteiger charge is -2.23. The number of nitrogens with zero attached hydrogens (tertiary/aromatic N) is 8. The maximum atomic E-state index is 15.3. The van der Waals surface area contributed by atoms with Crippen LogP contribution in [0.4, 0.5) is 60.2 Å². The number of anilines is 6. The molecule has 4 N–H and O–H groups in total. The van der Waals surface area contributed by atoms with Gasteiger partial charge in [0.1, 0.15) is 33.3 Å². The number of hydrogen-bond donors (Lipinski definition) is 4. The van der Waals surface area contributed by atoms with E-state index in [0.717, 1.165) is 56.7 Å². The quantitative estimate of drug-likeness (QED) is 0.0346. The Morgan fingerprint density at radius 1 is 0.476 bits per heavy atom. The molecule has 4 aromatic carbocycles. The Labute approximate surface area is 488 Å². The van der Waals surface area contributed by atoms with Crippen molar-refractivity contribution in [3.8, 4) is 32.6 Å². The predicted octanol–water partition coefficient (Wildman–Crippen LogP) is 11.7. The molecule has 0 unspecified atom stereocenters. The van der Waals surface area contributed by atoms with Gasteiger partial charge in [-0.1, -0.05) is 36.4 Å². The summed E-state index contributed by atoms with van der Waals surface area (Å²) in [6.07, 6.45) is -1.89. The third-order valence-corrected chi connectivity index (χ3v) is 15.0. The number of aromatic nitrogens is 4. The van der Waals surface area contributed by atoms with Crippen LogP contribution in [-0.4, -0.2) is 110 Å². The van der Waals surface area contributed by atoms with Crippen LogP contribution in [0.1, 0.15) is 56.8 Å². The monoisotopic (exact) mass is 1190 g/mol. The Kier molecular flexibility index (Phi) is 20.1. The van der Waals surface area contributed by atoms with Gasteiger partial charge in [0, 0.05) is 46.1 Å². The number of hydrogen-bond acceptors (Lipinski definition) is 18. The first-order valence-corrected chi connectivity index (χ1v) is 27.5. The minimum atomic E-state index is -0.945. The van der Waals surface area contributed by atoms with Gasteiger partial charge in [-0.25, -0.2) is 27.2 Å². The van der Waals surface area contributed by atoms with Gasteiger partial charge in [0.15, 0.2) is 11.6 Å². The highest BCUT2D eigenvalue weighted by Crippen LogP contribution is 2.46. The number of benzene rings is 4. The topological polar surface area (TPSA) is 218 Å². The fourth-order valence-corrected chi connectivity index (χ4v) is 11.2. The van der Waals surface area contributed by atoms with E-state index < -0.39 is 71.5 Å². The second kappa shape index (κ2) is 27.7. The Hall–Kier alpha value is -9.24. The normalized spacial score (nSPS) is 11.1. The average Bonchev–Trinajstić information content (AvgIpc) is 3.69. The van der Waals surface area contributed by atoms with Crippen molar-refractivity contribution >= 4 is 79.7 Å². The molecule has 0 fully saturated rings. The maximum absolute atomic E-state index is 15.3. The first-order valence-electron chi connectivity index (χ1n) is 25.9. The summed E-state index contributed by atoms with van der Waals surface area (Å²) in [7, 11) is 10.0. The van der Waals surface area contributed by atoms with Crippen molar-refractivity contribution in [2.75, 3.05) is 86.9 Å². The summed E-state index contributed by atoms with van der Waals surface area (Å²) in [5.74, 6) is -4.43. The van der Waals surface area contributed by atoms with Crippen LogP contribution in [-0.2, 0) is 35.7 Å². The van der Waals surface area contributed by atoms with Crippen molar-refractivity contribution in [2.24, 2.45) is 0 Å². The zero-order valence-electron chi connectivity index (χ0n) is 46.8. The van der Waals surface area contributed by atoms with Gasteiger partial charge in [-0.3, -0.25) is 19.4 Å². The van der Waals surface area contributed by atoms with E-state index in [4.69, 9.17) is 18.9 Å². The summed E-state index contributed by atoms with van der Waals surface area (Å²) >= 11 is 2.12. The molecule has 438 valence electrons. The number of halogens is 4. The van der Waals surface area contributed by atoms with Crippen molar-refractivity contribution in [3.05, 3.63) is 166 Å². The zero-order chi connectivity index (χ0) is 60.2. The molecule has 0 saturated heterocycles. The standard InChI is InChI=1S/C58H58F4N12O8S2/c1-9-81-57(77)73(31-37-41(59)13-11-14-42(37)60)55-49(53(75)63-45-25-27-47(79-7)69-67-45)39(29-71(3)4)51(83-55)33-17-21-35(22-18-33)65-66-36-23-19-34(20-24-36)52-40(30-72(5)6)50(54(76)64-46-26-28-48(80-8)70-68-46)56(84-52)74(58(78)82-10-2)32-38-43(61)15-12-16-44(38)62/h11-28,65-66H,9-10,29-32H2,1-8H3,(H,63,67,75)(H,64,68,76). The van der Waals surface area contributed by atoms with E-state index in [1.54, 1.807) is 90.6 Å². The molecular weight excluding hydrogens is 1130 g/mol. The molecule has 4 amide bonds. The molecule has 0 aliphatic rings. The minimum Gasteiger partial charge on any atom is -0.480 e. The highest BCUT2D eigenvalue weighted by atomic mass is 32.1. The van der Waals surface area contributed by atoms with Gasteiger partial charge in [0.05, 0.1) is 63.0 Å². The maximum Gasteiger partial charge on any atom is 0.415 e. The van der Waals surface area contributed by atoms with Crippen LogP contribution in [0, 0.1) is 23.3 Å². The van der Waals surface area contributed by atoms with Crippen LogP contribution in [0.2, 0.25) is 0 Å². The minimum absolute atomic E-state index is 0.0308. The van der Waals surface area contributed by atoms with Crippen molar-refractivity contribution in [3.63, 3.8) is 0 Å². The van der Waals surface area contributed by atoms with E-state index in [1.165, 1.54) is 50.6 Å². The Morgan fingerprint density at radius 2 is 0.833 bits per heavy atom. The third kappa shape index (κ3) is 14.3. The highest BCUT2D eigenvalue weighted by molar-refractivity contribution is 7.20. The van der Waals surface area contributed by atoms with Gasteiger partial charge in [-0.05, 0) is 125 Å². The van der Waals surface area contributed by atoms with Crippen LogP contribution < -0.4 is 40.8 Å². The number of thiophene rings is 2. The molecule has 26 heteroatoms. The molecule has 0 saturated carbocycles. The van der Waals surface area contributed by atoms with Gasteiger partial charge >= 0.3 is 12.2 Å². The van der Waals surface area contributed by atoms with E-state index in [2.05, 4.69) is 41.9 Å². The van der Waals surface area contributed by atoms with Crippen LogP contribution in [0.15, 0.2) is 109 Å². The lowest BCUT2D eigenvalue weighted by molar-refractivity contribution is 0.101. The average molecular weight is 1190 g/mol. The summed E-state index contributed by atoms with van der Waals surface area (Å²) in [4.78, 5) is 63.8. The number of methoxy groups -OCH3 is 2. The molecule has 0 aliphatic carbocycles. The SMILES string of the molecule is CCOC(=O)N(Cc1c(F)cccc1F)c1sc(-c2ccc(NNc3ccc(-c4sc(N(Cc5c(F)cccc5F)C(=O)OCC)c(C(=O)Nc5ccc(OC)nn5)c4CN(C)C)cc3)cc2)c(CN(C)C)c1C(=O)Nc1ccc(OC)nn1. The molecular formula is C58H58F4N12O8S2. The highest BCUT2D eigenvalue weighted by Gasteiger charge is 2.35. The lowest BCUT2D eigenvalue weighted by Crippen LogP contribution is -2.33. The van der Waals surface area contributed by atoms with Gasteiger partial charge in [0.25, 0.3) is 11.8 Å². The van der Waals surface area contributed by atoms with Gasteiger partial charge in [-0.15, -0.1) is 43.1 Å². The first kappa shape index (κ1) is 60.8. The molecule has 84 heavy (non-hydrogen) atoms. The molecule has 0 spiro atoms. The third-order valence-electron chi connectivity index (χ3n) is 12.4. The van der Waals surface area contributed by atoms with Gasteiger partial charge in [-0.2, -0.15) is 0 Å². The van der Waals surface area contributed by atoms with E-state index in [-0.39, 0.29) is 70.8 Å². The molecule has 0 aliphatic heterocycles. The van der Waals surface area contributed by atoms with Crippen molar-refractivity contribution < 1.29 is 55.7 Å². The number of carbonyl (C=O) groups is 4. The smallest absolute Gasteiger partial charge is 0.415 e. The Bertz CT molecular complexity index is 3350. The van der Waals surface area contributed by atoms with Crippen LogP contribution in [0.25, 0.3) is 20.9 Å². The summed E-state index contributed by atoms with van der Waals surface area (Å²) in [6.45, 7) is 2.15. The second-order valence-corrected chi connectivity index (χ2v) is 20.9. The molecule has 8 rings (SSSR count). The lowest BCUT2D eigenvalue weighted by atomic mass is 10.0. The van der Waals surface area contributed by atoms with E-state index in [9.17, 15) is 19.2 Å².